The van der Waals surface area contributed by atoms with Gasteiger partial charge in [0.25, 0.3) is 0 Å². The molecule has 0 aliphatic rings. The Morgan fingerprint density at radius 2 is 1.67 bits per heavy atom. The van der Waals surface area contributed by atoms with Crippen molar-refractivity contribution in [1.29, 1.82) is 0 Å². The fraction of sp³-hybridized carbons (Fsp3) is 0.294. The molecule has 0 aliphatic heterocycles. The highest BCUT2D eigenvalue weighted by Gasteiger charge is 2.13. The van der Waals surface area contributed by atoms with Gasteiger partial charge >= 0.3 is 0 Å². The quantitative estimate of drug-likeness (QED) is 0.795. The minimum Gasteiger partial charge on any atom is -0.316 e. The summed E-state index contributed by atoms with van der Waals surface area (Å²) in [6, 6.07) is 11.8. The predicted molar refractivity (Wildman–Crippen MR) is 85.5 cm³/mol. The molecule has 1 unspecified atom stereocenters. The smallest absolute Gasteiger partial charge is 0.126 e. The molecular formula is C17H18BrF2N. The number of halogens is 3. The van der Waals surface area contributed by atoms with E-state index in [9.17, 15) is 8.78 Å². The molecule has 2 aromatic rings. The molecule has 0 aromatic heterocycles. The van der Waals surface area contributed by atoms with Crippen LogP contribution in [-0.2, 0) is 6.42 Å². The number of rotatable bonds is 6. The van der Waals surface area contributed by atoms with Crippen LogP contribution in [0.4, 0.5) is 8.78 Å². The van der Waals surface area contributed by atoms with Crippen molar-refractivity contribution >= 4 is 15.9 Å². The molecule has 1 nitrogen and oxygen atoms in total. The minimum absolute atomic E-state index is 0.180. The lowest BCUT2D eigenvalue weighted by Gasteiger charge is -2.18. The van der Waals surface area contributed by atoms with Gasteiger partial charge in [0.1, 0.15) is 11.6 Å². The highest BCUT2D eigenvalue weighted by molar-refractivity contribution is 9.10. The normalized spacial score (nSPS) is 12.4. The Hall–Kier alpha value is -1.26. The van der Waals surface area contributed by atoms with Crippen LogP contribution in [0.5, 0.6) is 0 Å². The molecule has 0 fully saturated rings. The van der Waals surface area contributed by atoms with Crippen LogP contribution in [0.15, 0.2) is 46.9 Å². The first kappa shape index (κ1) is 16.1. The number of benzene rings is 2. The molecule has 0 saturated carbocycles. The van der Waals surface area contributed by atoms with Crippen LogP contribution in [-0.4, -0.2) is 13.1 Å². The lowest BCUT2D eigenvalue weighted by atomic mass is 9.92. The first-order chi connectivity index (χ1) is 10.1. The zero-order valence-electron chi connectivity index (χ0n) is 11.9. The molecule has 4 heteroatoms. The molecule has 1 N–H and O–H groups in total. The van der Waals surface area contributed by atoms with Crippen molar-refractivity contribution in [1.82, 2.24) is 5.32 Å². The number of nitrogens with one attached hydrogen (secondary N) is 1. The highest BCUT2D eigenvalue weighted by atomic mass is 79.9. The van der Waals surface area contributed by atoms with Crippen molar-refractivity contribution in [3.8, 4) is 0 Å². The average molecular weight is 354 g/mol. The van der Waals surface area contributed by atoms with Crippen LogP contribution in [0, 0.1) is 11.6 Å². The summed E-state index contributed by atoms with van der Waals surface area (Å²) in [6.07, 6.45) is 0.601. The maximum atomic E-state index is 13.3. The standard InChI is InChI=1S/C17H18BrF2N/c1-2-21-11-14(13-3-5-15(18)6-4-13)7-12-8-16(19)10-17(20)9-12/h3-6,8-10,14,21H,2,7,11H2,1H3. The molecule has 2 rings (SSSR count). The van der Waals surface area contributed by atoms with E-state index in [1.54, 1.807) is 0 Å². The van der Waals surface area contributed by atoms with Crippen molar-refractivity contribution in [3.63, 3.8) is 0 Å². The molecule has 0 aliphatic carbocycles. The van der Waals surface area contributed by atoms with Crippen molar-refractivity contribution in [3.05, 3.63) is 69.7 Å². The van der Waals surface area contributed by atoms with Crippen molar-refractivity contribution < 1.29 is 8.78 Å². The van der Waals surface area contributed by atoms with Gasteiger partial charge in [-0.3, -0.25) is 0 Å². The highest BCUT2D eigenvalue weighted by Crippen LogP contribution is 2.23. The van der Waals surface area contributed by atoms with E-state index < -0.39 is 11.6 Å². The van der Waals surface area contributed by atoms with Crippen LogP contribution in [0.2, 0.25) is 0 Å². The summed E-state index contributed by atoms with van der Waals surface area (Å²) in [6.45, 7) is 3.68. The first-order valence-electron chi connectivity index (χ1n) is 6.99. The second-order valence-electron chi connectivity index (χ2n) is 5.04. The van der Waals surface area contributed by atoms with Gasteiger partial charge < -0.3 is 5.32 Å². The van der Waals surface area contributed by atoms with Crippen molar-refractivity contribution in [2.45, 2.75) is 19.3 Å². The number of hydrogen-bond acceptors (Lipinski definition) is 1. The van der Waals surface area contributed by atoms with Crippen LogP contribution in [0.1, 0.15) is 24.0 Å². The Labute approximate surface area is 132 Å². The summed E-state index contributed by atoms with van der Waals surface area (Å²) in [4.78, 5) is 0. The molecule has 21 heavy (non-hydrogen) atoms. The molecule has 0 spiro atoms. The first-order valence-corrected chi connectivity index (χ1v) is 7.79. The maximum Gasteiger partial charge on any atom is 0.126 e. The molecule has 2 aromatic carbocycles. The Morgan fingerprint density at radius 1 is 1.05 bits per heavy atom. The monoisotopic (exact) mass is 353 g/mol. The fourth-order valence-corrected chi connectivity index (χ4v) is 2.64. The average Bonchev–Trinajstić information content (AvgIpc) is 2.43. The van der Waals surface area contributed by atoms with Gasteiger partial charge in [0.05, 0.1) is 0 Å². The minimum atomic E-state index is -0.525. The molecular weight excluding hydrogens is 336 g/mol. The molecule has 0 bridgehead atoms. The van der Waals surface area contributed by atoms with E-state index in [1.165, 1.54) is 12.1 Å². The second-order valence-corrected chi connectivity index (χ2v) is 5.95. The van der Waals surface area contributed by atoms with Gasteiger partial charge in [-0.1, -0.05) is 35.0 Å². The van der Waals surface area contributed by atoms with Gasteiger partial charge in [-0.15, -0.1) is 0 Å². The lowest BCUT2D eigenvalue weighted by molar-refractivity contribution is 0.566. The van der Waals surface area contributed by atoms with Gasteiger partial charge in [0, 0.05) is 23.0 Å². The zero-order valence-corrected chi connectivity index (χ0v) is 13.5. The molecule has 0 amide bonds. The summed E-state index contributed by atoms with van der Waals surface area (Å²) in [7, 11) is 0. The van der Waals surface area contributed by atoms with Gasteiger partial charge in [-0.25, -0.2) is 8.78 Å². The van der Waals surface area contributed by atoms with Gasteiger partial charge in [0.15, 0.2) is 0 Å². The third kappa shape index (κ3) is 4.90. The Balaban J connectivity index is 2.21. The third-order valence-corrected chi connectivity index (χ3v) is 3.92. The van der Waals surface area contributed by atoms with Gasteiger partial charge in [-0.2, -0.15) is 0 Å². The Bertz CT molecular complexity index is 564. The van der Waals surface area contributed by atoms with E-state index in [4.69, 9.17) is 0 Å². The molecule has 0 radical (unpaired) electrons. The maximum absolute atomic E-state index is 13.3. The predicted octanol–water partition coefficient (Wildman–Crippen LogP) is 4.66. The SMILES string of the molecule is CCNCC(Cc1cc(F)cc(F)c1)c1ccc(Br)cc1. The van der Waals surface area contributed by atoms with E-state index in [0.29, 0.717) is 12.0 Å². The summed E-state index contributed by atoms with van der Waals surface area (Å²) in [5, 5.41) is 3.31. The number of likely N-dealkylation sites (N-methyl/N-ethyl adjacent to an activating group) is 1. The lowest BCUT2D eigenvalue weighted by Crippen LogP contribution is -2.22. The summed E-state index contributed by atoms with van der Waals surface area (Å²) < 4.78 is 27.7. The molecule has 0 heterocycles. The van der Waals surface area contributed by atoms with Crippen LogP contribution in [0.3, 0.4) is 0 Å². The fourth-order valence-electron chi connectivity index (χ4n) is 2.37. The molecule has 0 saturated heterocycles. The van der Waals surface area contributed by atoms with E-state index >= 15 is 0 Å². The summed E-state index contributed by atoms with van der Waals surface area (Å²) in [5.74, 6) is -0.870. The Morgan fingerprint density at radius 3 is 2.24 bits per heavy atom. The molecule has 112 valence electrons. The summed E-state index contributed by atoms with van der Waals surface area (Å²) in [5.41, 5.74) is 1.84. The van der Waals surface area contributed by atoms with Crippen molar-refractivity contribution in [2.24, 2.45) is 0 Å². The second kappa shape index (κ2) is 7.66. The summed E-state index contributed by atoms with van der Waals surface area (Å²) >= 11 is 3.42. The third-order valence-electron chi connectivity index (χ3n) is 3.39. The Kier molecular flexibility index (Phi) is 5.88. The van der Waals surface area contributed by atoms with Gasteiger partial charge in [0.2, 0.25) is 0 Å². The van der Waals surface area contributed by atoms with Crippen LogP contribution in [0.25, 0.3) is 0 Å². The largest absolute Gasteiger partial charge is 0.316 e. The van der Waals surface area contributed by atoms with Crippen molar-refractivity contribution in [2.75, 3.05) is 13.1 Å². The van der Waals surface area contributed by atoms with E-state index in [-0.39, 0.29) is 5.92 Å². The van der Waals surface area contributed by atoms with E-state index in [0.717, 1.165) is 29.2 Å². The zero-order chi connectivity index (χ0) is 15.2. The van der Waals surface area contributed by atoms with Gasteiger partial charge in [-0.05, 0) is 48.4 Å². The van der Waals surface area contributed by atoms with Crippen LogP contribution >= 0.6 is 15.9 Å². The molecule has 1 atom stereocenters. The topological polar surface area (TPSA) is 12.0 Å². The number of hydrogen-bond donors (Lipinski definition) is 1. The van der Waals surface area contributed by atoms with Crippen LogP contribution < -0.4 is 5.32 Å². The van der Waals surface area contributed by atoms with E-state index in [1.807, 2.05) is 31.2 Å². The van der Waals surface area contributed by atoms with E-state index in [2.05, 4.69) is 21.2 Å².